The number of nitrogens with two attached hydrogens (primary N) is 1. The van der Waals surface area contributed by atoms with Gasteiger partial charge in [-0.1, -0.05) is 20.8 Å². The van der Waals surface area contributed by atoms with Crippen LogP contribution in [0.4, 0.5) is 13.2 Å². The summed E-state index contributed by atoms with van der Waals surface area (Å²) in [6.45, 7) is 6.52. The molecule has 3 saturated carbocycles. The number of phenolic OH excluding ortho intramolecular Hbond substituents is 1. The van der Waals surface area contributed by atoms with E-state index >= 15 is 0 Å². The molecule has 0 radical (unpaired) electrons. The summed E-state index contributed by atoms with van der Waals surface area (Å²) in [5.74, 6) is -8.21. The van der Waals surface area contributed by atoms with Crippen LogP contribution in [0.3, 0.4) is 0 Å². The molecule has 3 fully saturated rings. The van der Waals surface area contributed by atoms with Gasteiger partial charge in [-0.05, 0) is 79.0 Å². The molecule has 0 aliphatic heterocycles. The number of nitrogens with zero attached hydrogens (tertiary/aromatic N) is 1. The van der Waals surface area contributed by atoms with Crippen LogP contribution in [-0.4, -0.2) is 61.5 Å². The van der Waals surface area contributed by atoms with Gasteiger partial charge in [0.15, 0.2) is 11.4 Å². The van der Waals surface area contributed by atoms with Crippen LogP contribution in [0.5, 0.6) is 5.75 Å². The zero-order chi connectivity index (χ0) is 32.5. The van der Waals surface area contributed by atoms with Crippen molar-refractivity contribution in [3.8, 4) is 5.75 Å². The van der Waals surface area contributed by atoms with E-state index in [0.29, 0.717) is 5.92 Å². The van der Waals surface area contributed by atoms with Crippen molar-refractivity contribution in [1.82, 2.24) is 4.90 Å². The molecule has 12 heteroatoms. The molecule has 238 valence electrons. The minimum atomic E-state index is -4.87. The Balaban J connectivity index is 1.45. The quantitative estimate of drug-likeness (QED) is 0.316. The van der Waals surface area contributed by atoms with Gasteiger partial charge in [-0.25, -0.2) is 0 Å². The number of fused-ring (bicyclic) bond motifs is 5. The third kappa shape index (κ3) is 3.82. The number of aliphatic hydroxyl groups excluding tert-OH is 2. The van der Waals surface area contributed by atoms with E-state index in [9.17, 15) is 48.0 Å². The summed E-state index contributed by atoms with van der Waals surface area (Å²) in [5, 5.41) is 44.4. The molecule has 0 saturated heterocycles. The number of aliphatic hydroxyl groups is 3. The molecule has 6 N–H and O–H groups in total. The average molecular weight is 619 g/mol. The molecular formula is C32H37F3N2O7. The minimum Gasteiger partial charge on any atom is -0.508 e. The highest BCUT2D eigenvalue weighted by atomic mass is 19.4. The number of rotatable bonds is 4. The summed E-state index contributed by atoms with van der Waals surface area (Å²) < 4.78 is 44.7. The molecule has 0 aromatic heterocycles. The second-order valence-corrected chi connectivity index (χ2v) is 14.2. The van der Waals surface area contributed by atoms with Gasteiger partial charge in [0.05, 0.1) is 11.1 Å². The van der Waals surface area contributed by atoms with E-state index in [1.807, 2.05) is 4.90 Å². The maximum absolute atomic E-state index is 14.9. The van der Waals surface area contributed by atoms with Crippen LogP contribution in [-0.2, 0) is 33.5 Å². The van der Waals surface area contributed by atoms with Crippen molar-refractivity contribution < 1.29 is 48.0 Å². The number of carbonyl (C=O) groups is 3. The first-order chi connectivity index (χ1) is 20.3. The van der Waals surface area contributed by atoms with Gasteiger partial charge in [-0.2, -0.15) is 13.2 Å². The van der Waals surface area contributed by atoms with Crippen molar-refractivity contribution in [1.29, 1.82) is 0 Å². The van der Waals surface area contributed by atoms with Crippen LogP contribution < -0.4 is 5.73 Å². The molecule has 1 aromatic rings. The molecule has 1 aromatic carbocycles. The first-order valence-electron chi connectivity index (χ1n) is 14.9. The predicted octanol–water partition coefficient (Wildman–Crippen LogP) is 4.09. The number of hydrogen-bond donors (Lipinski definition) is 5. The number of alkyl halides is 3. The van der Waals surface area contributed by atoms with E-state index in [1.54, 1.807) is 7.05 Å². The van der Waals surface area contributed by atoms with E-state index in [4.69, 9.17) is 5.73 Å². The largest absolute Gasteiger partial charge is 0.508 e. The number of halogens is 3. The summed E-state index contributed by atoms with van der Waals surface area (Å²) in [5.41, 5.74) is -1.16. The van der Waals surface area contributed by atoms with E-state index in [-0.39, 0.29) is 41.0 Å². The lowest BCUT2D eigenvalue weighted by Gasteiger charge is -2.46. The summed E-state index contributed by atoms with van der Waals surface area (Å²) >= 11 is 0. The minimum absolute atomic E-state index is 0.0268. The van der Waals surface area contributed by atoms with Crippen molar-refractivity contribution in [2.45, 2.75) is 83.7 Å². The number of primary amides is 1. The average Bonchev–Trinajstić information content (AvgIpc) is 3.23. The number of benzene rings is 1. The Kier molecular flexibility index (Phi) is 6.49. The molecule has 1 amide bonds. The van der Waals surface area contributed by atoms with Crippen molar-refractivity contribution in [2.24, 2.45) is 34.3 Å². The molecule has 0 spiro atoms. The molecule has 44 heavy (non-hydrogen) atoms. The van der Waals surface area contributed by atoms with E-state index in [1.165, 1.54) is 0 Å². The second-order valence-electron chi connectivity index (χ2n) is 14.2. The Bertz CT molecular complexity index is 1590. The van der Waals surface area contributed by atoms with Crippen LogP contribution >= 0.6 is 0 Å². The number of hydrogen-bond acceptors (Lipinski definition) is 8. The van der Waals surface area contributed by atoms with Gasteiger partial charge in [0, 0.05) is 30.5 Å². The van der Waals surface area contributed by atoms with E-state index in [0.717, 1.165) is 25.3 Å². The highest BCUT2D eigenvalue weighted by Gasteiger charge is 2.63. The number of amides is 1. The van der Waals surface area contributed by atoms with E-state index < -0.39 is 93.5 Å². The maximum atomic E-state index is 14.9. The first-order valence-corrected chi connectivity index (χ1v) is 14.9. The molecule has 5 aliphatic rings. The number of carbonyl (C=O) groups excluding carboxylic acids is 3. The Labute approximate surface area is 252 Å². The SMILES string of the molecule is CN(Cc1cc(O)c2c(c1C(F)(F)F)CC1C[C@H]3CC(=O)C(C(N)=O)=C(O)[C@@]3(O)C(=O)C1=C2O)[C@H]1CC2CCC1(C)C2(C)C. The lowest BCUT2D eigenvalue weighted by Crippen LogP contribution is -2.58. The summed E-state index contributed by atoms with van der Waals surface area (Å²) in [7, 11) is 1.79. The van der Waals surface area contributed by atoms with Crippen molar-refractivity contribution in [3.05, 3.63) is 45.2 Å². The van der Waals surface area contributed by atoms with Crippen LogP contribution in [0, 0.1) is 28.6 Å². The lowest BCUT2D eigenvalue weighted by atomic mass is 9.59. The number of ketones is 2. The van der Waals surface area contributed by atoms with Crippen LogP contribution in [0.1, 0.15) is 75.1 Å². The normalized spacial score (nSPS) is 34.4. The van der Waals surface area contributed by atoms with Gasteiger partial charge in [0.2, 0.25) is 5.78 Å². The Morgan fingerprint density at radius 2 is 1.75 bits per heavy atom. The maximum Gasteiger partial charge on any atom is 0.417 e. The van der Waals surface area contributed by atoms with Gasteiger partial charge in [0.1, 0.15) is 22.8 Å². The Morgan fingerprint density at radius 3 is 2.30 bits per heavy atom. The zero-order valence-electron chi connectivity index (χ0n) is 25.0. The fraction of sp³-hybridized carbons (Fsp3) is 0.594. The molecule has 0 heterocycles. The summed E-state index contributed by atoms with van der Waals surface area (Å²) in [6.07, 6.45) is -3.18. The van der Waals surface area contributed by atoms with Gasteiger partial charge in [0.25, 0.3) is 5.91 Å². The zero-order valence-corrected chi connectivity index (χ0v) is 25.0. The third-order valence-corrected chi connectivity index (χ3v) is 12.1. The fourth-order valence-corrected chi connectivity index (χ4v) is 9.45. The highest BCUT2D eigenvalue weighted by molar-refractivity contribution is 6.22. The molecule has 5 aliphatic carbocycles. The number of Topliss-reactive ketones (excluding diaryl/α,β-unsaturated/α-hetero) is 2. The van der Waals surface area contributed by atoms with Gasteiger partial charge in [-0.15, -0.1) is 0 Å². The standard InChI is InChI=1S/C32H37F3N2O7/c1-29(2)15-5-6-30(29,3)20(11-15)37(4)12-14-9-18(38)22-17(24(14)32(33,34)35)8-13-7-16-10-19(39)23(28(36)43)27(42)31(16,44)26(41)21(13)25(22)40/h9,13,15-16,20,38,40,42,44H,5-8,10-12H2,1-4H3,(H2,36,43)/t13?,15?,16-,20-,30?,31-/m0/s1. The smallest absolute Gasteiger partial charge is 0.417 e. The third-order valence-electron chi connectivity index (χ3n) is 12.1. The topological polar surface area (TPSA) is 161 Å². The van der Waals surface area contributed by atoms with Crippen molar-refractivity contribution in [2.75, 3.05) is 7.05 Å². The van der Waals surface area contributed by atoms with Crippen LogP contribution in [0.15, 0.2) is 23.0 Å². The van der Waals surface area contributed by atoms with Gasteiger partial charge in [-0.3, -0.25) is 19.3 Å². The highest BCUT2D eigenvalue weighted by Crippen LogP contribution is 2.66. The molecule has 6 rings (SSSR count). The molecular weight excluding hydrogens is 581 g/mol. The fourth-order valence-electron chi connectivity index (χ4n) is 9.45. The van der Waals surface area contributed by atoms with Gasteiger partial charge < -0.3 is 26.2 Å². The van der Waals surface area contributed by atoms with E-state index in [2.05, 4.69) is 20.8 Å². The van der Waals surface area contributed by atoms with Crippen LogP contribution in [0.2, 0.25) is 0 Å². The lowest BCUT2D eigenvalue weighted by molar-refractivity contribution is -0.147. The predicted molar refractivity (Wildman–Crippen MR) is 151 cm³/mol. The molecule has 3 unspecified atom stereocenters. The number of aromatic hydroxyl groups is 1. The van der Waals surface area contributed by atoms with Crippen molar-refractivity contribution >= 4 is 23.2 Å². The molecule has 9 nitrogen and oxygen atoms in total. The van der Waals surface area contributed by atoms with Crippen LogP contribution in [0.25, 0.3) is 5.76 Å². The Morgan fingerprint density at radius 1 is 1.09 bits per heavy atom. The summed E-state index contributed by atoms with van der Waals surface area (Å²) in [6, 6.07) is 1.00. The molecule has 6 atom stereocenters. The summed E-state index contributed by atoms with van der Waals surface area (Å²) in [4.78, 5) is 40.0. The molecule has 2 bridgehead atoms. The monoisotopic (exact) mass is 618 g/mol. The number of phenols is 1. The second kappa shape index (κ2) is 9.32. The van der Waals surface area contributed by atoms with Gasteiger partial charge >= 0.3 is 6.18 Å². The Hall–Kier alpha value is -3.38. The first kappa shape index (κ1) is 30.6. The van der Waals surface area contributed by atoms with Crippen molar-refractivity contribution in [3.63, 3.8) is 0 Å².